The van der Waals surface area contributed by atoms with E-state index < -0.39 is 0 Å². The maximum Gasteiger partial charge on any atom is 0.227 e. The van der Waals surface area contributed by atoms with Crippen LogP contribution in [0.15, 0.2) is 47.5 Å². The molecule has 0 atom stereocenters. The molecule has 0 bridgehead atoms. The topological polar surface area (TPSA) is 98.0 Å². The van der Waals surface area contributed by atoms with Gasteiger partial charge in [-0.15, -0.1) is 24.0 Å². The van der Waals surface area contributed by atoms with Gasteiger partial charge in [0.25, 0.3) is 0 Å². The van der Waals surface area contributed by atoms with Crippen LogP contribution in [0.25, 0.3) is 0 Å². The molecule has 1 amide bonds. The van der Waals surface area contributed by atoms with Crippen molar-refractivity contribution in [1.29, 1.82) is 0 Å². The van der Waals surface area contributed by atoms with Crippen LogP contribution in [0.2, 0.25) is 0 Å². The van der Waals surface area contributed by atoms with Crippen molar-refractivity contribution in [2.45, 2.75) is 46.1 Å². The van der Waals surface area contributed by atoms with Crippen LogP contribution < -0.4 is 25.8 Å². The number of nitrogens with two attached hydrogens (primary N) is 1. The van der Waals surface area contributed by atoms with Gasteiger partial charge < -0.3 is 25.8 Å². The summed E-state index contributed by atoms with van der Waals surface area (Å²) in [7, 11) is 0. The van der Waals surface area contributed by atoms with Crippen LogP contribution in [0.1, 0.15) is 45.1 Å². The fourth-order valence-electron chi connectivity index (χ4n) is 3.68. The van der Waals surface area contributed by atoms with Gasteiger partial charge in [0.2, 0.25) is 5.91 Å². The number of amides is 1. The van der Waals surface area contributed by atoms with E-state index in [2.05, 4.69) is 15.6 Å². The molecule has 0 radical (unpaired) electrons. The summed E-state index contributed by atoms with van der Waals surface area (Å²) in [6, 6.07) is 13.3. The number of halogens is 1. The van der Waals surface area contributed by atoms with Crippen molar-refractivity contribution in [3.05, 3.63) is 48.0 Å². The summed E-state index contributed by atoms with van der Waals surface area (Å²) in [6.45, 7) is 5.37. The number of carbonyl (C=O) groups is 1. The highest BCUT2D eigenvalue weighted by Crippen LogP contribution is 2.29. The second-order valence-corrected chi connectivity index (χ2v) is 7.52. The summed E-state index contributed by atoms with van der Waals surface area (Å²) >= 11 is 0. The first-order chi connectivity index (χ1) is 15.1. The van der Waals surface area contributed by atoms with Gasteiger partial charge >= 0.3 is 0 Å². The Bertz CT molecular complexity index is 914. The maximum absolute atomic E-state index is 12.4. The highest BCUT2D eigenvalue weighted by atomic mass is 127. The van der Waals surface area contributed by atoms with E-state index in [0.29, 0.717) is 31.2 Å². The van der Waals surface area contributed by atoms with Crippen molar-refractivity contribution < 1.29 is 14.3 Å². The number of rotatable bonds is 9. The fourth-order valence-corrected chi connectivity index (χ4v) is 3.68. The number of guanidine groups is 1. The summed E-state index contributed by atoms with van der Waals surface area (Å²) in [4.78, 5) is 16.8. The largest absolute Gasteiger partial charge is 0.494 e. The number of aliphatic imine (C=N–C) groups is 1. The van der Waals surface area contributed by atoms with Crippen LogP contribution >= 0.6 is 24.0 Å². The number of ether oxygens (including phenoxy) is 2. The zero-order chi connectivity index (χ0) is 22.1. The van der Waals surface area contributed by atoms with Gasteiger partial charge in [-0.05, 0) is 56.5 Å². The van der Waals surface area contributed by atoms with Crippen molar-refractivity contribution in [1.82, 2.24) is 0 Å². The van der Waals surface area contributed by atoms with Crippen molar-refractivity contribution in [3.8, 4) is 11.5 Å². The Balaban J connectivity index is 0.00000363. The third kappa shape index (κ3) is 7.58. The predicted octanol–water partition coefficient (Wildman–Crippen LogP) is 5.16. The Labute approximate surface area is 207 Å². The van der Waals surface area contributed by atoms with Crippen LogP contribution in [0, 0.1) is 5.92 Å². The minimum absolute atomic E-state index is 0. The molecule has 4 N–H and O–H groups in total. The number of anilines is 2. The zero-order valence-corrected chi connectivity index (χ0v) is 21.1. The summed E-state index contributed by atoms with van der Waals surface area (Å²) in [5.41, 5.74) is 8.57. The Hall–Kier alpha value is -2.49. The molecule has 1 saturated carbocycles. The summed E-state index contributed by atoms with van der Waals surface area (Å²) in [6.07, 6.45) is 4.23. The monoisotopic (exact) mass is 552 g/mol. The molecule has 32 heavy (non-hydrogen) atoms. The second kappa shape index (κ2) is 13.1. The van der Waals surface area contributed by atoms with Gasteiger partial charge in [-0.3, -0.25) is 4.79 Å². The molecule has 2 aromatic carbocycles. The van der Waals surface area contributed by atoms with Gasteiger partial charge in [0, 0.05) is 17.7 Å². The first-order valence-corrected chi connectivity index (χ1v) is 11.0. The van der Waals surface area contributed by atoms with E-state index in [1.54, 1.807) is 0 Å². The van der Waals surface area contributed by atoms with Gasteiger partial charge in [0.05, 0.1) is 25.4 Å². The third-order valence-corrected chi connectivity index (χ3v) is 5.18. The average molecular weight is 552 g/mol. The number of hydrogen-bond acceptors (Lipinski definition) is 4. The maximum atomic E-state index is 12.4. The third-order valence-electron chi connectivity index (χ3n) is 5.18. The number of hydrogen-bond donors (Lipinski definition) is 3. The average Bonchev–Trinajstić information content (AvgIpc) is 3.30. The van der Waals surface area contributed by atoms with Gasteiger partial charge in [-0.1, -0.05) is 25.0 Å². The number of nitrogens with one attached hydrogen (secondary N) is 2. The molecule has 0 heterocycles. The molecule has 0 spiro atoms. The van der Waals surface area contributed by atoms with Crippen molar-refractivity contribution in [3.63, 3.8) is 0 Å². The molecule has 3 rings (SSSR count). The molecule has 8 heteroatoms. The molecule has 1 aliphatic carbocycles. The lowest BCUT2D eigenvalue weighted by molar-refractivity contribution is -0.119. The number of benzene rings is 2. The molecule has 0 aliphatic heterocycles. The summed E-state index contributed by atoms with van der Waals surface area (Å²) in [5.74, 6) is 1.92. The minimum atomic E-state index is 0. The van der Waals surface area contributed by atoms with E-state index in [4.69, 9.17) is 15.2 Å². The first-order valence-electron chi connectivity index (χ1n) is 11.0. The van der Waals surface area contributed by atoms with Gasteiger partial charge in [0.1, 0.15) is 11.5 Å². The van der Waals surface area contributed by atoms with E-state index >= 15 is 0 Å². The van der Waals surface area contributed by atoms with Crippen molar-refractivity contribution in [2.75, 3.05) is 23.8 Å². The lowest BCUT2D eigenvalue weighted by Gasteiger charge is -2.14. The lowest BCUT2D eigenvalue weighted by atomic mass is 10.1. The molecule has 0 aromatic heterocycles. The molecular weight excluding hydrogens is 519 g/mol. The summed E-state index contributed by atoms with van der Waals surface area (Å²) < 4.78 is 11.2. The van der Waals surface area contributed by atoms with E-state index in [9.17, 15) is 4.79 Å². The minimum Gasteiger partial charge on any atom is -0.494 e. The molecule has 7 nitrogen and oxygen atoms in total. The van der Waals surface area contributed by atoms with Gasteiger partial charge in [-0.2, -0.15) is 0 Å². The van der Waals surface area contributed by atoms with Crippen LogP contribution in [-0.4, -0.2) is 25.1 Å². The Morgan fingerprint density at radius 3 is 2.53 bits per heavy atom. The number of nitrogens with zero attached hydrogens (tertiary/aromatic N) is 1. The zero-order valence-electron chi connectivity index (χ0n) is 18.7. The van der Waals surface area contributed by atoms with Crippen LogP contribution in [0.3, 0.4) is 0 Å². The van der Waals surface area contributed by atoms with Crippen LogP contribution in [-0.2, 0) is 11.3 Å². The molecule has 2 aromatic rings. The Morgan fingerprint density at radius 2 is 1.81 bits per heavy atom. The second-order valence-electron chi connectivity index (χ2n) is 7.52. The highest BCUT2D eigenvalue weighted by Gasteiger charge is 2.22. The fraction of sp³-hybridized carbons (Fsp3) is 0.417. The standard InChI is InChI=1S/C24H32N4O3.HI/c1-3-30-20-12-13-22(31-4-2)21(15-20)28-24(25)26-16-17-8-7-11-19(14-17)27-23(29)18-9-5-6-10-18;/h7-8,11-15,18H,3-6,9-10,16H2,1-2H3,(H,27,29)(H3,25,26,28);1H. The van der Waals surface area contributed by atoms with Gasteiger partial charge in [-0.25, -0.2) is 4.99 Å². The molecular formula is C24H33IN4O3. The molecule has 0 unspecified atom stereocenters. The van der Waals surface area contributed by atoms with Crippen molar-refractivity contribution in [2.24, 2.45) is 16.6 Å². The van der Waals surface area contributed by atoms with Crippen LogP contribution in [0.5, 0.6) is 11.5 Å². The molecule has 1 fully saturated rings. The number of carbonyl (C=O) groups excluding carboxylic acids is 1. The van der Waals surface area contributed by atoms with E-state index in [1.165, 1.54) is 0 Å². The van der Waals surface area contributed by atoms with Gasteiger partial charge in [0.15, 0.2) is 5.96 Å². The summed E-state index contributed by atoms with van der Waals surface area (Å²) in [5, 5.41) is 6.13. The Morgan fingerprint density at radius 1 is 1.06 bits per heavy atom. The molecule has 0 saturated heterocycles. The van der Waals surface area contributed by atoms with Crippen molar-refractivity contribution >= 4 is 47.2 Å². The smallest absolute Gasteiger partial charge is 0.227 e. The van der Waals surface area contributed by atoms with E-state index in [1.807, 2.05) is 56.3 Å². The quantitative estimate of drug-likeness (QED) is 0.227. The first kappa shape index (κ1) is 25.8. The molecule has 174 valence electrons. The Kier molecular flexibility index (Phi) is 10.6. The normalized spacial score (nSPS) is 13.9. The molecule has 1 aliphatic rings. The van der Waals surface area contributed by atoms with Crippen LogP contribution in [0.4, 0.5) is 11.4 Å². The predicted molar refractivity (Wildman–Crippen MR) is 140 cm³/mol. The lowest BCUT2D eigenvalue weighted by Crippen LogP contribution is -2.23. The van der Waals surface area contributed by atoms with E-state index in [0.717, 1.165) is 42.7 Å². The highest BCUT2D eigenvalue weighted by molar-refractivity contribution is 14.0. The van der Waals surface area contributed by atoms with E-state index in [-0.39, 0.29) is 41.8 Å². The SMILES string of the molecule is CCOc1ccc(OCC)c(NC(N)=NCc2cccc(NC(=O)C3CCCC3)c2)c1.I.